The van der Waals surface area contributed by atoms with Crippen LogP contribution in [0.5, 0.6) is 5.75 Å². The smallest absolute Gasteiger partial charge is 0.306 e. The van der Waals surface area contributed by atoms with Gasteiger partial charge >= 0.3 is 5.97 Å². The van der Waals surface area contributed by atoms with E-state index in [2.05, 4.69) is 5.32 Å². The minimum atomic E-state index is -0.437. The van der Waals surface area contributed by atoms with Crippen LogP contribution in [0.3, 0.4) is 0 Å². The van der Waals surface area contributed by atoms with E-state index in [0.717, 1.165) is 0 Å². The van der Waals surface area contributed by atoms with Crippen LogP contribution in [0.25, 0.3) is 0 Å². The summed E-state index contributed by atoms with van der Waals surface area (Å²) in [6.45, 7) is 5.96. The molecule has 24 heavy (non-hydrogen) atoms. The number of amides is 1. The molecule has 1 amide bonds. The third kappa shape index (κ3) is 7.88. The molecular formula is C17H23Cl2NO4. The highest BCUT2D eigenvalue weighted by molar-refractivity contribution is 6.35. The minimum absolute atomic E-state index is 0.0359. The Morgan fingerprint density at radius 3 is 2.54 bits per heavy atom. The van der Waals surface area contributed by atoms with Crippen molar-refractivity contribution in [2.45, 2.75) is 39.7 Å². The quantitative estimate of drug-likeness (QED) is 0.525. The first-order chi connectivity index (χ1) is 11.3. The highest BCUT2D eigenvalue weighted by atomic mass is 35.5. The van der Waals surface area contributed by atoms with Crippen molar-refractivity contribution in [3.63, 3.8) is 0 Å². The molecule has 1 unspecified atom stereocenters. The second-order valence-corrected chi connectivity index (χ2v) is 6.63. The van der Waals surface area contributed by atoms with Crippen LogP contribution in [0, 0.1) is 5.92 Å². The summed E-state index contributed by atoms with van der Waals surface area (Å²) in [5.41, 5.74) is 0. The van der Waals surface area contributed by atoms with Crippen LogP contribution in [0.1, 0.15) is 33.6 Å². The third-order valence-electron chi connectivity index (χ3n) is 3.43. The van der Waals surface area contributed by atoms with Crippen LogP contribution >= 0.6 is 23.2 Å². The Hall–Kier alpha value is -1.46. The molecule has 0 aliphatic heterocycles. The van der Waals surface area contributed by atoms with E-state index in [1.165, 1.54) is 0 Å². The topological polar surface area (TPSA) is 64.6 Å². The zero-order valence-electron chi connectivity index (χ0n) is 14.1. The average Bonchev–Trinajstić information content (AvgIpc) is 2.51. The number of benzene rings is 1. The van der Waals surface area contributed by atoms with E-state index < -0.39 is 5.97 Å². The summed E-state index contributed by atoms with van der Waals surface area (Å²) in [5.74, 6) is 0.0971. The summed E-state index contributed by atoms with van der Waals surface area (Å²) in [7, 11) is 0. The number of hydrogen-bond donors (Lipinski definition) is 1. The van der Waals surface area contributed by atoms with Gasteiger partial charge in [-0.15, -0.1) is 0 Å². The molecule has 1 aromatic carbocycles. The lowest BCUT2D eigenvalue weighted by Crippen LogP contribution is -2.38. The Kier molecular flexibility index (Phi) is 8.93. The second kappa shape index (κ2) is 10.4. The van der Waals surface area contributed by atoms with Gasteiger partial charge in [0.2, 0.25) is 0 Å². The molecule has 0 radical (unpaired) electrons. The molecule has 0 saturated carbocycles. The first-order valence-electron chi connectivity index (χ1n) is 7.82. The first kappa shape index (κ1) is 20.6. The summed E-state index contributed by atoms with van der Waals surface area (Å²) in [6, 6.07) is 4.97. The molecule has 0 aliphatic rings. The van der Waals surface area contributed by atoms with Crippen molar-refractivity contribution in [1.29, 1.82) is 0 Å². The molecule has 0 aromatic heterocycles. The summed E-state index contributed by atoms with van der Waals surface area (Å²) in [6.07, 6.45) is 0.625. The Morgan fingerprint density at radius 1 is 1.21 bits per heavy atom. The van der Waals surface area contributed by atoms with E-state index in [4.69, 9.17) is 32.7 Å². The van der Waals surface area contributed by atoms with Gasteiger partial charge in [-0.05, 0) is 37.5 Å². The number of carbonyl (C=O) groups excluding carboxylic acids is 2. The second-order valence-electron chi connectivity index (χ2n) is 5.79. The number of esters is 1. The zero-order chi connectivity index (χ0) is 18.1. The van der Waals surface area contributed by atoms with Crippen molar-refractivity contribution in [1.82, 2.24) is 5.32 Å². The molecule has 0 saturated heterocycles. The van der Waals surface area contributed by atoms with Gasteiger partial charge in [-0.25, -0.2) is 0 Å². The predicted octanol–water partition coefficient (Wildman–Crippen LogP) is 3.86. The molecule has 0 heterocycles. The molecular weight excluding hydrogens is 353 g/mol. The average molecular weight is 376 g/mol. The fraction of sp³-hybridized carbons (Fsp3) is 0.529. The lowest BCUT2D eigenvalue weighted by Gasteiger charge is -2.17. The molecule has 1 N–H and O–H groups in total. The van der Waals surface area contributed by atoms with E-state index in [-0.39, 0.29) is 25.0 Å². The van der Waals surface area contributed by atoms with Crippen molar-refractivity contribution in [2.75, 3.05) is 13.2 Å². The van der Waals surface area contributed by atoms with E-state index in [9.17, 15) is 9.59 Å². The Bertz CT molecular complexity index is 564. The summed E-state index contributed by atoms with van der Waals surface area (Å²) in [5, 5.41) is 3.71. The van der Waals surface area contributed by atoms with Crippen LogP contribution in [-0.2, 0) is 14.3 Å². The Balaban J connectivity index is 2.19. The summed E-state index contributed by atoms with van der Waals surface area (Å²) < 4.78 is 10.4. The zero-order valence-corrected chi connectivity index (χ0v) is 15.6. The van der Waals surface area contributed by atoms with Gasteiger partial charge in [-0.1, -0.05) is 37.0 Å². The van der Waals surface area contributed by atoms with E-state index in [0.29, 0.717) is 34.7 Å². The van der Waals surface area contributed by atoms with Crippen molar-refractivity contribution in [3.8, 4) is 5.75 Å². The highest BCUT2D eigenvalue weighted by Gasteiger charge is 2.12. The molecule has 0 spiro atoms. The largest absolute Gasteiger partial charge is 0.492 e. The van der Waals surface area contributed by atoms with E-state index >= 15 is 0 Å². The van der Waals surface area contributed by atoms with Gasteiger partial charge in [0.25, 0.3) is 5.91 Å². The number of halogens is 2. The van der Waals surface area contributed by atoms with Gasteiger partial charge in [-0.3, -0.25) is 9.59 Å². The maximum Gasteiger partial charge on any atom is 0.306 e. The molecule has 1 rings (SSSR count). The summed E-state index contributed by atoms with van der Waals surface area (Å²) in [4.78, 5) is 23.2. The van der Waals surface area contributed by atoms with E-state index in [1.54, 1.807) is 18.2 Å². The van der Waals surface area contributed by atoms with Crippen molar-refractivity contribution >= 4 is 35.1 Å². The van der Waals surface area contributed by atoms with Gasteiger partial charge in [0.15, 0.2) is 6.61 Å². The number of carbonyl (C=O) groups is 2. The highest BCUT2D eigenvalue weighted by Crippen LogP contribution is 2.27. The standard InChI is InChI=1S/C17H23Cl2NO4/c1-11(2)12(3)20-16(21)10-24-17(22)5-4-8-23-15-7-6-13(18)9-14(15)19/h6-7,9,11-12H,4-5,8,10H2,1-3H3,(H,20,21). The Morgan fingerprint density at radius 2 is 1.92 bits per heavy atom. The van der Waals surface area contributed by atoms with Gasteiger partial charge in [0.1, 0.15) is 5.75 Å². The monoisotopic (exact) mass is 375 g/mol. The normalized spacial score (nSPS) is 11.9. The minimum Gasteiger partial charge on any atom is -0.492 e. The van der Waals surface area contributed by atoms with Crippen LogP contribution < -0.4 is 10.1 Å². The van der Waals surface area contributed by atoms with E-state index in [1.807, 2.05) is 20.8 Å². The molecule has 0 bridgehead atoms. The maximum absolute atomic E-state index is 11.6. The van der Waals surface area contributed by atoms with Gasteiger partial charge in [0.05, 0.1) is 11.6 Å². The molecule has 7 heteroatoms. The van der Waals surface area contributed by atoms with Crippen molar-refractivity contribution in [2.24, 2.45) is 5.92 Å². The van der Waals surface area contributed by atoms with Gasteiger partial charge in [-0.2, -0.15) is 0 Å². The first-order valence-corrected chi connectivity index (χ1v) is 8.58. The fourth-order valence-corrected chi connectivity index (χ4v) is 2.13. The van der Waals surface area contributed by atoms with Gasteiger partial charge < -0.3 is 14.8 Å². The molecule has 134 valence electrons. The van der Waals surface area contributed by atoms with Crippen LogP contribution in [0.15, 0.2) is 18.2 Å². The Labute approximate surface area is 152 Å². The molecule has 1 atom stereocenters. The van der Waals surface area contributed by atoms with Crippen LogP contribution in [0.4, 0.5) is 0 Å². The molecule has 1 aromatic rings. The molecule has 0 aliphatic carbocycles. The summed E-state index contributed by atoms with van der Waals surface area (Å²) >= 11 is 11.8. The molecule has 0 fully saturated rings. The lowest BCUT2D eigenvalue weighted by atomic mass is 10.1. The maximum atomic E-state index is 11.6. The third-order valence-corrected chi connectivity index (χ3v) is 3.96. The molecule has 5 nitrogen and oxygen atoms in total. The van der Waals surface area contributed by atoms with Crippen molar-refractivity contribution < 1.29 is 19.1 Å². The number of nitrogens with one attached hydrogen (secondary N) is 1. The van der Waals surface area contributed by atoms with Crippen LogP contribution in [0.2, 0.25) is 10.0 Å². The SMILES string of the molecule is CC(C)C(C)NC(=O)COC(=O)CCCOc1ccc(Cl)cc1Cl. The van der Waals surface area contributed by atoms with Crippen LogP contribution in [-0.4, -0.2) is 31.1 Å². The van der Waals surface area contributed by atoms with Gasteiger partial charge in [0, 0.05) is 17.5 Å². The number of rotatable bonds is 9. The number of ether oxygens (including phenoxy) is 2. The fourth-order valence-electron chi connectivity index (χ4n) is 1.67. The van der Waals surface area contributed by atoms with Crippen molar-refractivity contribution in [3.05, 3.63) is 28.2 Å². The number of hydrogen-bond acceptors (Lipinski definition) is 4. The lowest BCUT2D eigenvalue weighted by molar-refractivity contribution is -0.149. The predicted molar refractivity (Wildman–Crippen MR) is 94.6 cm³/mol.